The summed E-state index contributed by atoms with van der Waals surface area (Å²) in [4.78, 5) is 39.6. The summed E-state index contributed by atoms with van der Waals surface area (Å²) in [6.07, 6.45) is 0.712. The zero-order valence-corrected chi connectivity index (χ0v) is 20.5. The van der Waals surface area contributed by atoms with Crippen LogP contribution >= 0.6 is 0 Å². The average Bonchev–Trinajstić information content (AvgIpc) is 3.36. The van der Waals surface area contributed by atoms with Crippen LogP contribution in [0.15, 0.2) is 59.8 Å². The molecule has 2 aromatic rings. The van der Waals surface area contributed by atoms with Crippen LogP contribution in [0, 0.1) is 5.41 Å². The fourth-order valence-electron chi connectivity index (χ4n) is 5.32. The number of carbonyl (C=O) groups excluding carboxylic acids is 3. The van der Waals surface area contributed by atoms with E-state index in [1.165, 1.54) is 12.0 Å². The molecule has 0 saturated carbocycles. The van der Waals surface area contributed by atoms with Crippen molar-refractivity contribution in [1.29, 1.82) is 0 Å². The number of nitrogens with zero attached hydrogens (tertiary/aromatic N) is 1. The Kier molecular flexibility index (Phi) is 7.19. The van der Waals surface area contributed by atoms with Crippen molar-refractivity contribution >= 4 is 18.3 Å². The Morgan fingerprint density at radius 3 is 2.61 bits per heavy atom. The van der Waals surface area contributed by atoms with Crippen molar-refractivity contribution in [3.8, 4) is 11.5 Å². The van der Waals surface area contributed by atoms with Gasteiger partial charge in [-0.05, 0) is 31.9 Å². The van der Waals surface area contributed by atoms with E-state index in [9.17, 15) is 19.5 Å². The van der Waals surface area contributed by atoms with E-state index < -0.39 is 29.3 Å². The third kappa shape index (κ3) is 4.36. The molecule has 2 aliphatic heterocycles. The number of nitrogens with one attached hydrogen (secondary N) is 1. The number of ether oxygens (including phenoxy) is 3. The molecular weight excluding hydrogens is 464 g/mol. The lowest BCUT2D eigenvalue weighted by Crippen LogP contribution is -2.61. The highest BCUT2D eigenvalue weighted by atomic mass is 16.7. The lowest BCUT2D eigenvalue weighted by Gasteiger charge is -2.51. The molecule has 3 unspecified atom stereocenters. The number of carboxylic acids is 1. The Bertz CT molecular complexity index is 1180. The molecular formula is C27H29N2O7-. The van der Waals surface area contributed by atoms with E-state index in [0.717, 1.165) is 5.56 Å². The predicted molar refractivity (Wildman–Crippen MR) is 128 cm³/mol. The van der Waals surface area contributed by atoms with Gasteiger partial charge in [0.05, 0.1) is 18.7 Å². The van der Waals surface area contributed by atoms with Gasteiger partial charge in [-0.1, -0.05) is 42.5 Å². The van der Waals surface area contributed by atoms with E-state index in [1.54, 1.807) is 32.0 Å². The number of methoxy groups -OCH3 is 1. The van der Waals surface area contributed by atoms with Crippen LogP contribution in [0.4, 0.5) is 0 Å². The quantitative estimate of drug-likeness (QED) is 0.415. The molecule has 0 spiro atoms. The summed E-state index contributed by atoms with van der Waals surface area (Å²) in [7, 11) is 1.25. The van der Waals surface area contributed by atoms with Crippen LogP contribution in [-0.2, 0) is 25.7 Å². The molecule has 4 rings (SSSR count). The summed E-state index contributed by atoms with van der Waals surface area (Å²) >= 11 is 0. The van der Waals surface area contributed by atoms with Crippen molar-refractivity contribution in [2.45, 2.75) is 38.8 Å². The SMILES string of the molecule is COC(=O)C1=C(C)NC(C)C(CCN(C=O)Cc2ccccc2)(C(=O)[O-])C1c1cccc2c1OCO2. The van der Waals surface area contributed by atoms with Crippen LogP contribution in [0.5, 0.6) is 11.5 Å². The maximum atomic E-state index is 13.1. The van der Waals surface area contributed by atoms with Gasteiger partial charge in [-0.25, -0.2) is 4.79 Å². The van der Waals surface area contributed by atoms with E-state index in [2.05, 4.69) is 5.32 Å². The third-order valence-electron chi connectivity index (χ3n) is 7.13. The minimum atomic E-state index is -1.62. The van der Waals surface area contributed by atoms with Gasteiger partial charge in [0, 0.05) is 41.7 Å². The van der Waals surface area contributed by atoms with Crippen molar-refractivity contribution < 1.29 is 33.7 Å². The van der Waals surface area contributed by atoms with Crippen LogP contribution in [0.2, 0.25) is 0 Å². The number of hydrogen-bond acceptors (Lipinski definition) is 8. The Balaban J connectivity index is 1.81. The Hall–Kier alpha value is -4.01. The number of para-hydroxylation sites is 1. The van der Waals surface area contributed by atoms with Gasteiger partial charge >= 0.3 is 5.97 Å². The molecule has 0 radical (unpaired) electrons. The van der Waals surface area contributed by atoms with Crippen molar-refractivity contribution in [3.63, 3.8) is 0 Å². The molecule has 0 aliphatic carbocycles. The second kappa shape index (κ2) is 10.3. The van der Waals surface area contributed by atoms with Gasteiger partial charge in [0.1, 0.15) is 0 Å². The first-order valence-corrected chi connectivity index (χ1v) is 11.7. The van der Waals surface area contributed by atoms with Crippen molar-refractivity contribution in [3.05, 3.63) is 70.9 Å². The lowest BCUT2D eigenvalue weighted by atomic mass is 9.60. The van der Waals surface area contributed by atoms with Crippen LogP contribution in [0.25, 0.3) is 0 Å². The molecule has 2 aromatic carbocycles. The molecule has 0 fully saturated rings. The van der Waals surface area contributed by atoms with Crippen LogP contribution in [-0.4, -0.2) is 49.7 Å². The summed E-state index contributed by atoms with van der Waals surface area (Å²) in [5.41, 5.74) is 0.454. The molecule has 1 amide bonds. The molecule has 0 aromatic heterocycles. The summed E-state index contributed by atoms with van der Waals surface area (Å²) in [6, 6.07) is 13.9. The molecule has 1 N–H and O–H groups in total. The minimum absolute atomic E-state index is 0.0119. The molecule has 2 heterocycles. The second-order valence-corrected chi connectivity index (χ2v) is 9.05. The van der Waals surface area contributed by atoms with E-state index in [0.29, 0.717) is 35.7 Å². The maximum absolute atomic E-state index is 13.1. The zero-order valence-electron chi connectivity index (χ0n) is 20.5. The fraction of sp³-hybridized carbons (Fsp3) is 0.370. The lowest BCUT2D eigenvalue weighted by molar-refractivity contribution is -0.322. The Morgan fingerprint density at radius 2 is 1.94 bits per heavy atom. The third-order valence-corrected chi connectivity index (χ3v) is 7.13. The van der Waals surface area contributed by atoms with Gasteiger partial charge in [0.2, 0.25) is 13.2 Å². The van der Waals surface area contributed by atoms with Gasteiger partial charge in [-0.2, -0.15) is 0 Å². The number of aliphatic carboxylic acids is 1. The van der Waals surface area contributed by atoms with Crippen molar-refractivity contribution in [2.75, 3.05) is 20.4 Å². The van der Waals surface area contributed by atoms with Gasteiger partial charge < -0.3 is 34.3 Å². The number of amides is 1. The number of allylic oxidation sites excluding steroid dienone is 1. The van der Waals surface area contributed by atoms with Gasteiger partial charge in [0.25, 0.3) is 0 Å². The van der Waals surface area contributed by atoms with Crippen molar-refractivity contribution in [1.82, 2.24) is 10.2 Å². The molecule has 190 valence electrons. The molecule has 0 bridgehead atoms. The van der Waals surface area contributed by atoms with Crippen molar-refractivity contribution in [2.24, 2.45) is 5.41 Å². The zero-order chi connectivity index (χ0) is 25.9. The second-order valence-electron chi connectivity index (χ2n) is 9.05. The van der Waals surface area contributed by atoms with E-state index >= 15 is 0 Å². The molecule has 3 atom stereocenters. The molecule has 36 heavy (non-hydrogen) atoms. The summed E-state index contributed by atoms with van der Waals surface area (Å²) in [5.74, 6) is -2.13. The normalized spacial score (nSPS) is 22.5. The first-order chi connectivity index (χ1) is 17.3. The summed E-state index contributed by atoms with van der Waals surface area (Å²) in [6.45, 7) is 3.87. The highest BCUT2D eigenvalue weighted by molar-refractivity contribution is 5.94. The van der Waals surface area contributed by atoms with E-state index in [1.807, 2.05) is 30.3 Å². The number of fused-ring (bicyclic) bond motifs is 1. The topological polar surface area (TPSA) is 117 Å². The number of rotatable bonds is 9. The maximum Gasteiger partial charge on any atom is 0.336 e. The predicted octanol–water partition coefficient (Wildman–Crippen LogP) is 1.72. The number of hydrogen-bond donors (Lipinski definition) is 1. The monoisotopic (exact) mass is 493 g/mol. The first kappa shape index (κ1) is 25.1. The Labute approximate surface area is 209 Å². The summed E-state index contributed by atoms with van der Waals surface area (Å²) < 4.78 is 16.3. The number of carboxylic acid groups (broad SMARTS) is 1. The first-order valence-electron chi connectivity index (χ1n) is 11.7. The smallest absolute Gasteiger partial charge is 0.336 e. The van der Waals surface area contributed by atoms with E-state index in [4.69, 9.17) is 14.2 Å². The van der Waals surface area contributed by atoms with Gasteiger partial charge in [-0.3, -0.25) is 4.79 Å². The molecule has 0 saturated heterocycles. The standard InChI is InChI=1S/C27H30N2O7/c1-17-22(25(31)34-3)23(20-10-7-11-21-24(20)36-16-35-21)27(26(32)33,18(2)28-17)12-13-29(15-30)14-19-8-5-4-6-9-19/h4-11,15,18,23,28H,12-14,16H2,1-3H3,(H,32,33)/p-1. The summed E-state index contributed by atoms with van der Waals surface area (Å²) in [5, 5.41) is 16.2. The number of carbonyl (C=O) groups is 3. The number of esters is 1. The van der Waals surface area contributed by atoms with Gasteiger partial charge in [0.15, 0.2) is 11.5 Å². The number of benzene rings is 2. The molecule has 9 nitrogen and oxygen atoms in total. The fourth-order valence-corrected chi connectivity index (χ4v) is 5.32. The molecule has 9 heteroatoms. The molecule has 2 aliphatic rings. The average molecular weight is 494 g/mol. The van der Waals surface area contributed by atoms with Crippen LogP contribution in [0.1, 0.15) is 37.3 Å². The van der Waals surface area contributed by atoms with Gasteiger partial charge in [-0.15, -0.1) is 0 Å². The highest BCUT2D eigenvalue weighted by Gasteiger charge is 2.53. The largest absolute Gasteiger partial charge is 0.549 e. The van der Waals surface area contributed by atoms with Crippen LogP contribution in [0.3, 0.4) is 0 Å². The van der Waals surface area contributed by atoms with Crippen LogP contribution < -0.4 is 19.9 Å². The highest BCUT2D eigenvalue weighted by Crippen LogP contribution is 2.54. The van der Waals surface area contributed by atoms with E-state index in [-0.39, 0.29) is 25.3 Å². The Morgan fingerprint density at radius 1 is 1.19 bits per heavy atom. The minimum Gasteiger partial charge on any atom is -0.549 e.